The molecule has 0 aromatic rings. The summed E-state index contributed by atoms with van der Waals surface area (Å²) in [5.74, 6) is -0.546. The fraction of sp³-hybridized carbons (Fsp3) is 0.938. The van der Waals surface area contributed by atoms with Gasteiger partial charge in [0, 0.05) is 6.42 Å². The van der Waals surface area contributed by atoms with E-state index in [0.717, 1.165) is 122 Å². The number of carbonyl (C=O) groups excluding carboxylic acids is 2. The molecule has 7 heteroatoms. The Morgan fingerprint density at radius 2 is 0.691 bits per heavy atom. The second-order valence-electron chi connectivity index (χ2n) is 16.7. The summed E-state index contributed by atoms with van der Waals surface area (Å²) in [6, 6.07) is 0. The number of rotatable bonds is 44. The van der Waals surface area contributed by atoms with E-state index < -0.39 is 5.97 Å². The second-order valence-corrected chi connectivity index (χ2v) is 16.7. The van der Waals surface area contributed by atoms with Crippen molar-refractivity contribution < 1.29 is 29.0 Å². The maximum atomic E-state index is 13.0. The van der Waals surface area contributed by atoms with Gasteiger partial charge in [0.15, 0.2) is 0 Å². The van der Waals surface area contributed by atoms with Crippen LogP contribution in [0, 0.1) is 11.8 Å². The molecule has 0 fully saturated rings. The molecule has 0 aromatic heterocycles. The lowest BCUT2D eigenvalue weighted by atomic mass is 9.94. The largest absolute Gasteiger partial charge is 0.481 e. The highest BCUT2D eigenvalue weighted by Crippen LogP contribution is 2.22. The van der Waals surface area contributed by atoms with Gasteiger partial charge >= 0.3 is 17.9 Å². The van der Waals surface area contributed by atoms with Gasteiger partial charge in [-0.15, -0.1) is 0 Å². The molecule has 0 amide bonds. The Balaban J connectivity index is 4.44. The van der Waals surface area contributed by atoms with Crippen molar-refractivity contribution in [1.82, 2.24) is 4.90 Å². The maximum Gasteiger partial charge on any atom is 0.308 e. The van der Waals surface area contributed by atoms with E-state index in [4.69, 9.17) is 14.6 Å². The van der Waals surface area contributed by atoms with Crippen molar-refractivity contribution in [3.8, 4) is 0 Å². The first-order valence-electron chi connectivity index (χ1n) is 24.2. The number of unbranched alkanes of at least 4 members (excludes halogenated alkanes) is 22. The fourth-order valence-corrected chi connectivity index (χ4v) is 7.69. The van der Waals surface area contributed by atoms with E-state index in [1.54, 1.807) is 0 Å². The number of nitrogens with zero attached hydrogens (tertiary/aromatic N) is 1. The minimum Gasteiger partial charge on any atom is -0.481 e. The average Bonchev–Trinajstić information content (AvgIpc) is 3.17. The van der Waals surface area contributed by atoms with Gasteiger partial charge in [0.25, 0.3) is 0 Å². The number of hydrogen-bond acceptors (Lipinski definition) is 6. The molecule has 2 unspecified atom stereocenters. The average molecular weight is 780 g/mol. The summed E-state index contributed by atoms with van der Waals surface area (Å²) in [4.78, 5) is 39.5. The van der Waals surface area contributed by atoms with Gasteiger partial charge in [0.1, 0.15) is 0 Å². The number of ether oxygens (including phenoxy) is 2. The van der Waals surface area contributed by atoms with Gasteiger partial charge in [0.2, 0.25) is 0 Å². The Bertz CT molecular complexity index is 792. The van der Waals surface area contributed by atoms with Crippen molar-refractivity contribution >= 4 is 17.9 Å². The summed E-state index contributed by atoms with van der Waals surface area (Å²) in [5.41, 5.74) is 0. The molecule has 0 spiro atoms. The SMILES string of the molecule is CCCCCCCCC(CCCCCC)C(=O)OCCCCCCN(CCCCCCOC(=O)C(CCCCCC)CCCCCCCC)CCCC(=O)O. The highest BCUT2D eigenvalue weighted by Gasteiger charge is 2.20. The quantitative estimate of drug-likeness (QED) is 0.0486. The van der Waals surface area contributed by atoms with Crippen LogP contribution in [0.1, 0.15) is 246 Å². The number of carboxylic acid groups (broad SMARTS) is 1. The van der Waals surface area contributed by atoms with Gasteiger partial charge in [-0.1, -0.05) is 182 Å². The summed E-state index contributed by atoms with van der Waals surface area (Å²) in [6.07, 6.45) is 37.7. The van der Waals surface area contributed by atoms with Gasteiger partial charge in [-0.2, -0.15) is 0 Å². The van der Waals surface area contributed by atoms with Crippen molar-refractivity contribution in [3.63, 3.8) is 0 Å². The highest BCUT2D eigenvalue weighted by atomic mass is 16.5. The normalized spacial score (nSPS) is 12.6. The smallest absolute Gasteiger partial charge is 0.308 e. The molecule has 0 heterocycles. The lowest BCUT2D eigenvalue weighted by Crippen LogP contribution is -2.27. The molecule has 0 saturated heterocycles. The van der Waals surface area contributed by atoms with Crippen LogP contribution in [0.25, 0.3) is 0 Å². The van der Waals surface area contributed by atoms with E-state index in [-0.39, 0.29) is 30.2 Å². The Kier molecular flexibility index (Phi) is 40.7. The van der Waals surface area contributed by atoms with E-state index >= 15 is 0 Å². The molecule has 2 atom stereocenters. The van der Waals surface area contributed by atoms with Crippen LogP contribution in [-0.2, 0) is 23.9 Å². The number of carbonyl (C=O) groups is 3. The van der Waals surface area contributed by atoms with Crippen molar-refractivity contribution in [3.05, 3.63) is 0 Å². The second kappa shape index (κ2) is 42.0. The molecule has 0 aliphatic heterocycles. The standard InChI is InChI=1S/C48H93NO6/c1-5-9-13-17-19-27-36-44(34-25-15-11-7-3)47(52)54-42-31-23-21-29-39-49(41-33-38-46(50)51)40-30-22-24-32-43-55-48(53)45(35-26-16-12-8-4)37-28-20-18-14-10-6-2/h44-45H,5-43H2,1-4H3,(H,50,51). The lowest BCUT2D eigenvalue weighted by molar-refractivity contribution is -0.150. The molecule has 0 aliphatic rings. The predicted octanol–water partition coefficient (Wildman–Crippen LogP) is 14.0. The van der Waals surface area contributed by atoms with Crippen LogP contribution < -0.4 is 0 Å². The summed E-state index contributed by atoms with van der Waals surface area (Å²) < 4.78 is 11.6. The van der Waals surface area contributed by atoms with Crippen LogP contribution in [0.15, 0.2) is 0 Å². The topological polar surface area (TPSA) is 93.1 Å². The Labute approximate surface area is 341 Å². The van der Waals surface area contributed by atoms with Gasteiger partial charge in [0.05, 0.1) is 25.0 Å². The number of esters is 2. The molecular weight excluding hydrogens is 687 g/mol. The number of aliphatic carboxylic acids is 1. The van der Waals surface area contributed by atoms with Crippen LogP contribution in [0.5, 0.6) is 0 Å². The Morgan fingerprint density at radius 3 is 1.05 bits per heavy atom. The third-order valence-electron chi connectivity index (χ3n) is 11.4. The van der Waals surface area contributed by atoms with Gasteiger partial charge in [-0.05, 0) is 77.4 Å². The first-order chi connectivity index (χ1) is 26.9. The van der Waals surface area contributed by atoms with E-state index in [1.165, 1.54) is 103 Å². The first-order valence-corrected chi connectivity index (χ1v) is 24.2. The van der Waals surface area contributed by atoms with Crippen LogP contribution in [-0.4, -0.2) is 60.8 Å². The van der Waals surface area contributed by atoms with Gasteiger partial charge < -0.3 is 19.5 Å². The van der Waals surface area contributed by atoms with Crippen molar-refractivity contribution in [2.45, 2.75) is 246 Å². The van der Waals surface area contributed by atoms with Crippen molar-refractivity contribution in [2.24, 2.45) is 11.8 Å². The monoisotopic (exact) mass is 780 g/mol. The number of hydrogen-bond donors (Lipinski definition) is 1. The summed E-state index contributed by atoms with van der Waals surface area (Å²) in [7, 11) is 0. The Morgan fingerprint density at radius 1 is 0.400 bits per heavy atom. The molecule has 0 saturated carbocycles. The zero-order valence-corrected chi connectivity index (χ0v) is 37.2. The molecule has 326 valence electrons. The Hall–Kier alpha value is -1.63. The van der Waals surface area contributed by atoms with E-state index in [0.29, 0.717) is 19.6 Å². The third kappa shape index (κ3) is 36.5. The molecule has 0 bridgehead atoms. The van der Waals surface area contributed by atoms with Crippen molar-refractivity contribution in [2.75, 3.05) is 32.8 Å². The first kappa shape index (κ1) is 53.4. The highest BCUT2D eigenvalue weighted by molar-refractivity contribution is 5.72. The minimum absolute atomic E-state index is 0.0262. The molecule has 1 N–H and O–H groups in total. The zero-order valence-electron chi connectivity index (χ0n) is 37.2. The zero-order chi connectivity index (χ0) is 40.5. The molecule has 0 aliphatic carbocycles. The summed E-state index contributed by atoms with van der Waals surface area (Å²) >= 11 is 0. The summed E-state index contributed by atoms with van der Waals surface area (Å²) in [5, 5.41) is 9.17. The maximum absolute atomic E-state index is 13.0. The van der Waals surface area contributed by atoms with Crippen LogP contribution >= 0.6 is 0 Å². The lowest BCUT2D eigenvalue weighted by Gasteiger charge is -2.22. The van der Waals surface area contributed by atoms with Crippen molar-refractivity contribution in [1.29, 1.82) is 0 Å². The van der Waals surface area contributed by atoms with Gasteiger partial charge in [-0.25, -0.2) is 0 Å². The molecule has 7 nitrogen and oxygen atoms in total. The van der Waals surface area contributed by atoms with Crippen LogP contribution in [0.2, 0.25) is 0 Å². The minimum atomic E-state index is -0.727. The molecular formula is C48H93NO6. The molecule has 0 aromatic carbocycles. The third-order valence-corrected chi connectivity index (χ3v) is 11.4. The molecule has 0 radical (unpaired) electrons. The number of carboxylic acids is 1. The van der Waals surface area contributed by atoms with Crippen LogP contribution in [0.3, 0.4) is 0 Å². The predicted molar refractivity (Wildman–Crippen MR) is 233 cm³/mol. The van der Waals surface area contributed by atoms with E-state index in [9.17, 15) is 14.4 Å². The van der Waals surface area contributed by atoms with E-state index in [2.05, 4.69) is 32.6 Å². The van der Waals surface area contributed by atoms with Crippen LogP contribution in [0.4, 0.5) is 0 Å². The van der Waals surface area contributed by atoms with E-state index in [1.807, 2.05) is 0 Å². The molecule has 55 heavy (non-hydrogen) atoms. The fourth-order valence-electron chi connectivity index (χ4n) is 7.69. The van der Waals surface area contributed by atoms with Gasteiger partial charge in [-0.3, -0.25) is 14.4 Å². The molecule has 0 rings (SSSR count). The summed E-state index contributed by atoms with van der Waals surface area (Å²) in [6.45, 7) is 12.8.